The van der Waals surface area contributed by atoms with Crippen LogP contribution in [0.25, 0.3) is 105 Å². The molecule has 13 aromatic carbocycles. The fourth-order valence-corrected chi connectivity index (χ4v) is 22.1. The average molecular weight is 1310 g/mol. The number of nitrogens with zero attached hydrogens (tertiary/aromatic N) is 2. The van der Waals surface area contributed by atoms with E-state index in [1.807, 2.05) is 11.3 Å². The van der Waals surface area contributed by atoms with Crippen LogP contribution in [0.3, 0.4) is 0 Å². The molecule has 1 spiro atoms. The number of hydrogen-bond acceptors (Lipinski definition) is 4. The molecular formula is C97H72N2OS. The highest BCUT2D eigenvalue weighted by molar-refractivity contribution is 7.20. The lowest BCUT2D eigenvalue weighted by atomic mass is 9.70. The van der Waals surface area contributed by atoms with Crippen molar-refractivity contribution in [1.82, 2.24) is 0 Å². The average Bonchev–Trinajstić information content (AvgIpc) is 1.48. The lowest BCUT2D eigenvalue weighted by Gasteiger charge is -2.35. The van der Waals surface area contributed by atoms with Crippen molar-refractivity contribution in [3.63, 3.8) is 0 Å². The molecule has 1 atom stereocenters. The van der Waals surface area contributed by atoms with E-state index in [0.29, 0.717) is 0 Å². The van der Waals surface area contributed by atoms with Crippen molar-refractivity contribution >= 4 is 77.9 Å². The van der Waals surface area contributed by atoms with E-state index in [1.54, 1.807) is 0 Å². The smallest absolute Gasteiger partial charge is 0.144 e. The van der Waals surface area contributed by atoms with Gasteiger partial charge in [0.1, 0.15) is 11.2 Å². The first kappa shape index (κ1) is 57.8. The standard InChI is InChI=1S/C97H72N2OS/c1-93(2)74-30-16-9-23-61(74)67-43-37-55(49-80(67)93)98(56-38-44-68-62-24-10-17-31-75(62)94(3,4)81(68)50-56)59-41-47-71-84(53-59)97(78-34-20-13-27-65(78)66-28-14-21-35-79(66)97)90-89(71)91-87(72-29-15-22-36-85(72)100-91)88-73-48-42-60(54-86(73)101-92(88)90)99(57-39-45-69-63-25-11-18-32-76(63)95(5,6)82(69)51-57)58-40-46-70-64-26-12-19-33-77(64)96(7,8)83(70)52-58/h9-53,60H,54H2,1-8H3. The third-order valence-electron chi connectivity index (χ3n) is 25.4. The van der Waals surface area contributed by atoms with Gasteiger partial charge in [0.2, 0.25) is 0 Å². The predicted molar refractivity (Wildman–Crippen MR) is 422 cm³/mol. The van der Waals surface area contributed by atoms with Crippen LogP contribution in [0.1, 0.15) is 133 Å². The summed E-state index contributed by atoms with van der Waals surface area (Å²) in [6.45, 7) is 19.3. The van der Waals surface area contributed by atoms with Crippen LogP contribution in [0, 0.1) is 0 Å². The molecule has 2 heterocycles. The van der Waals surface area contributed by atoms with Gasteiger partial charge in [-0.3, -0.25) is 0 Å². The molecule has 7 aliphatic rings. The lowest BCUT2D eigenvalue weighted by Crippen LogP contribution is -2.33. The third-order valence-corrected chi connectivity index (χ3v) is 26.6. The third kappa shape index (κ3) is 7.28. The van der Waals surface area contributed by atoms with Gasteiger partial charge in [0, 0.05) is 93.4 Å². The second-order valence-electron chi connectivity index (χ2n) is 31.7. The quantitative estimate of drug-likeness (QED) is 0.165. The molecule has 22 rings (SSSR count). The molecule has 0 aliphatic heterocycles. The summed E-state index contributed by atoms with van der Waals surface area (Å²) in [4.78, 5) is 6.66. The highest BCUT2D eigenvalue weighted by Crippen LogP contribution is 2.68. The Kier molecular flexibility index (Phi) is 11.3. The fraction of sp³-hybridized carbons (Fsp3) is 0.155. The van der Waals surface area contributed by atoms with Gasteiger partial charge in [-0.15, -0.1) is 11.3 Å². The Balaban J connectivity index is 0.778. The molecule has 7 aliphatic carbocycles. The van der Waals surface area contributed by atoms with Gasteiger partial charge in [-0.1, -0.05) is 262 Å². The van der Waals surface area contributed by atoms with Gasteiger partial charge in [-0.25, -0.2) is 0 Å². The SMILES string of the molecule is CC1(C)c2ccccc2-c2ccc(N(c3ccc4c(c3)C(C)(C)c3ccccc3-4)c3ccc4c(c3)C3(c5ccccc5-c5ccccc53)c3c-4c4oc5ccccc5c4c4c5c(sc34)CC(N(c3ccc4c(c3)C(C)(C)c3ccccc3-4)c3ccc4c(c3)C(C)(C)c3ccccc3-4)C=C5)cc21. The highest BCUT2D eigenvalue weighted by atomic mass is 32.1. The monoisotopic (exact) mass is 1310 g/mol. The predicted octanol–water partition coefficient (Wildman–Crippen LogP) is 25.6. The zero-order valence-electron chi connectivity index (χ0n) is 58.0. The van der Waals surface area contributed by atoms with Gasteiger partial charge in [0.05, 0.1) is 11.5 Å². The Labute approximate surface area is 594 Å². The molecule has 0 bridgehead atoms. The first-order valence-electron chi connectivity index (χ1n) is 36.1. The normalized spacial score (nSPS) is 17.1. The molecule has 0 saturated carbocycles. The number of hydrogen-bond donors (Lipinski definition) is 0. The maximum atomic E-state index is 7.58. The number of anilines is 5. The van der Waals surface area contributed by atoms with Gasteiger partial charge >= 0.3 is 0 Å². The van der Waals surface area contributed by atoms with E-state index < -0.39 is 5.41 Å². The van der Waals surface area contributed by atoms with Crippen molar-refractivity contribution in [2.75, 3.05) is 9.80 Å². The summed E-state index contributed by atoms with van der Waals surface area (Å²) in [5, 5.41) is 3.64. The summed E-state index contributed by atoms with van der Waals surface area (Å²) in [7, 11) is 0. The summed E-state index contributed by atoms with van der Waals surface area (Å²) >= 11 is 2.03. The molecular weight excluding hydrogens is 1240 g/mol. The van der Waals surface area contributed by atoms with Crippen LogP contribution in [0.5, 0.6) is 0 Å². The molecule has 101 heavy (non-hydrogen) atoms. The van der Waals surface area contributed by atoms with E-state index in [9.17, 15) is 0 Å². The van der Waals surface area contributed by atoms with Crippen LogP contribution in [-0.4, -0.2) is 6.04 Å². The molecule has 3 nitrogen and oxygen atoms in total. The molecule has 0 N–H and O–H groups in total. The largest absolute Gasteiger partial charge is 0.455 e. The summed E-state index contributed by atoms with van der Waals surface area (Å²) in [6, 6.07) is 100. The van der Waals surface area contributed by atoms with E-state index >= 15 is 0 Å². The molecule has 2 aromatic heterocycles. The van der Waals surface area contributed by atoms with Gasteiger partial charge in [-0.05, 0) is 195 Å². The first-order valence-corrected chi connectivity index (χ1v) is 37.0. The van der Waals surface area contributed by atoms with E-state index in [4.69, 9.17) is 4.42 Å². The van der Waals surface area contributed by atoms with Crippen LogP contribution < -0.4 is 9.80 Å². The van der Waals surface area contributed by atoms with Crippen molar-refractivity contribution in [1.29, 1.82) is 0 Å². The Morgan fingerprint density at radius 3 is 1.16 bits per heavy atom. The molecule has 0 radical (unpaired) electrons. The number of thiophene rings is 1. The minimum atomic E-state index is -0.736. The fourth-order valence-electron chi connectivity index (χ4n) is 20.7. The zero-order chi connectivity index (χ0) is 67.5. The molecule has 482 valence electrons. The van der Waals surface area contributed by atoms with Crippen LogP contribution in [-0.2, 0) is 33.5 Å². The second-order valence-corrected chi connectivity index (χ2v) is 32.8. The van der Waals surface area contributed by atoms with Gasteiger partial charge in [0.25, 0.3) is 0 Å². The minimum absolute atomic E-state index is 0.0133. The van der Waals surface area contributed by atoms with Crippen LogP contribution in [0.4, 0.5) is 28.4 Å². The molecule has 0 saturated heterocycles. The van der Waals surface area contributed by atoms with Gasteiger partial charge in [0.15, 0.2) is 0 Å². The first-order chi connectivity index (χ1) is 49.1. The highest BCUT2D eigenvalue weighted by Gasteiger charge is 2.55. The number of para-hydroxylation sites is 1. The minimum Gasteiger partial charge on any atom is -0.455 e. The Morgan fingerprint density at radius 1 is 0.347 bits per heavy atom. The second kappa shape index (κ2) is 19.7. The van der Waals surface area contributed by atoms with Crippen LogP contribution in [0.2, 0.25) is 0 Å². The van der Waals surface area contributed by atoms with E-state index in [0.717, 1.165) is 40.0 Å². The van der Waals surface area contributed by atoms with Gasteiger partial charge in [-0.2, -0.15) is 0 Å². The topological polar surface area (TPSA) is 19.6 Å². The van der Waals surface area contributed by atoms with Crippen molar-refractivity contribution in [2.24, 2.45) is 0 Å². The Morgan fingerprint density at radius 2 is 0.703 bits per heavy atom. The van der Waals surface area contributed by atoms with Crippen molar-refractivity contribution in [3.8, 4) is 66.8 Å². The Bertz CT molecular complexity index is 6030. The maximum absolute atomic E-state index is 7.58. The molecule has 0 fully saturated rings. The molecule has 0 amide bonds. The number of fused-ring (bicyclic) bond motifs is 31. The number of benzene rings is 13. The lowest BCUT2D eigenvalue weighted by molar-refractivity contribution is 0.658. The van der Waals surface area contributed by atoms with E-state index in [1.165, 1.54) is 171 Å². The van der Waals surface area contributed by atoms with Crippen molar-refractivity contribution < 1.29 is 4.42 Å². The summed E-state index contributed by atoms with van der Waals surface area (Å²) in [5.74, 6) is 0. The Hall–Kier alpha value is -11.0. The van der Waals surface area contributed by atoms with Crippen molar-refractivity contribution in [2.45, 2.75) is 94.9 Å². The molecule has 15 aromatic rings. The number of furan rings is 1. The van der Waals surface area contributed by atoms with Crippen LogP contribution in [0.15, 0.2) is 271 Å². The van der Waals surface area contributed by atoms with E-state index in [-0.39, 0.29) is 27.7 Å². The summed E-state index contributed by atoms with van der Waals surface area (Å²) in [6.07, 6.45) is 5.87. The summed E-state index contributed by atoms with van der Waals surface area (Å²) in [5.41, 5.74) is 39.3. The van der Waals surface area contributed by atoms with E-state index in [2.05, 4.69) is 338 Å². The van der Waals surface area contributed by atoms with Crippen LogP contribution >= 0.6 is 11.3 Å². The van der Waals surface area contributed by atoms with Gasteiger partial charge < -0.3 is 14.2 Å². The molecule has 4 heteroatoms. The number of rotatable bonds is 6. The zero-order valence-corrected chi connectivity index (χ0v) is 58.8. The summed E-state index contributed by atoms with van der Waals surface area (Å²) < 4.78 is 8.91. The van der Waals surface area contributed by atoms with Crippen molar-refractivity contribution in [3.05, 3.63) is 344 Å². The maximum Gasteiger partial charge on any atom is 0.144 e. The molecule has 1 unspecified atom stereocenters.